The number of benzene rings is 2. The highest BCUT2D eigenvalue weighted by Crippen LogP contribution is 2.36. The summed E-state index contributed by atoms with van der Waals surface area (Å²) in [6, 6.07) is 14.4. The summed E-state index contributed by atoms with van der Waals surface area (Å²) < 4.78 is 21.2. The van der Waals surface area contributed by atoms with Crippen LogP contribution in [0.5, 0.6) is 5.75 Å². The van der Waals surface area contributed by atoms with Crippen LogP contribution < -0.4 is 10.1 Å². The van der Waals surface area contributed by atoms with Crippen molar-refractivity contribution in [3.63, 3.8) is 0 Å². The molecule has 0 saturated heterocycles. The number of aromatic nitrogens is 2. The molecule has 4 rings (SSSR count). The molecule has 5 heteroatoms. The summed E-state index contributed by atoms with van der Waals surface area (Å²) >= 11 is 0. The van der Waals surface area contributed by atoms with Gasteiger partial charge in [-0.15, -0.1) is 0 Å². The summed E-state index contributed by atoms with van der Waals surface area (Å²) in [7, 11) is 0. The Hall–Kier alpha value is -2.82. The second-order valence-electron chi connectivity index (χ2n) is 5.68. The Kier molecular flexibility index (Phi) is 3.69. The maximum Gasteiger partial charge on any atom is 0.145 e. The lowest BCUT2D eigenvalue weighted by Gasteiger charge is -2.12. The van der Waals surface area contributed by atoms with Crippen molar-refractivity contribution < 1.29 is 9.13 Å². The first kappa shape index (κ1) is 14.8. The van der Waals surface area contributed by atoms with E-state index in [1.807, 2.05) is 41.9 Å². The Balaban J connectivity index is 1.88. The van der Waals surface area contributed by atoms with Crippen LogP contribution in [0.2, 0.25) is 0 Å². The number of ether oxygens (including phenoxy) is 1. The van der Waals surface area contributed by atoms with E-state index in [0.29, 0.717) is 6.61 Å². The summed E-state index contributed by atoms with van der Waals surface area (Å²) in [5.74, 6) is 1.49. The second kappa shape index (κ2) is 6.00. The number of para-hydroxylation sites is 2. The van der Waals surface area contributed by atoms with Crippen LogP contribution in [0.3, 0.4) is 0 Å². The molecule has 122 valence electrons. The van der Waals surface area contributed by atoms with Gasteiger partial charge in [0.25, 0.3) is 0 Å². The summed E-state index contributed by atoms with van der Waals surface area (Å²) in [5.41, 5.74) is 3.61. The van der Waals surface area contributed by atoms with Gasteiger partial charge in [0.1, 0.15) is 23.1 Å². The molecule has 1 aromatic heterocycles. The molecule has 0 radical (unpaired) electrons. The molecular formula is C19H18FN3O. The number of hydrogen-bond acceptors (Lipinski definition) is 3. The first-order valence-electron chi connectivity index (χ1n) is 8.12. The highest BCUT2D eigenvalue weighted by molar-refractivity contribution is 5.73. The average Bonchev–Trinajstić information content (AvgIpc) is 3.18. The molecule has 0 atom stereocenters. The van der Waals surface area contributed by atoms with E-state index in [1.54, 1.807) is 6.07 Å². The lowest BCUT2D eigenvalue weighted by Crippen LogP contribution is -2.06. The first-order chi connectivity index (χ1) is 11.8. The SMILES string of the molecule is CCOc1ccccc1-n1nc(-c2cccc(F)c2)c2c1NCC2. The van der Waals surface area contributed by atoms with Gasteiger partial charge in [0, 0.05) is 17.7 Å². The predicted molar refractivity (Wildman–Crippen MR) is 92.3 cm³/mol. The Bertz CT molecular complexity index is 888. The van der Waals surface area contributed by atoms with Crippen LogP contribution in [0.25, 0.3) is 16.9 Å². The zero-order valence-electron chi connectivity index (χ0n) is 13.4. The predicted octanol–water partition coefficient (Wildman–Crippen LogP) is 4.05. The van der Waals surface area contributed by atoms with Gasteiger partial charge in [-0.3, -0.25) is 0 Å². The zero-order valence-corrected chi connectivity index (χ0v) is 13.4. The lowest BCUT2D eigenvalue weighted by atomic mass is 10.1. The molecule has 24 heavy (non-hydrogen) atoms. The van der Waals surface area contributed by atoms with Crippen LogP contribution >= 0.6 is 0 Å². The minimum absolute atomic E-state index is 0.253. The van der Waals surface area contributed by atoms with E-state index < -0.39 is 0 Å². The Morgan fingerprint density at radius 1 is 1.21 bits per heavy atom. The van der Waals surface area contributed by atoms with Gasteiger partial charge in [0.05, 0.1) is 12.3 Å². The second-order valence-corrected chi connectivity index (χ2v) is 5.68. The van der Waals surface area contributed by atoms with E-state index in [-0.39, 0.29) is 5.82 Å². The maximum absolute atomic E-state index is 13.6. The van der Waals surface area contributed by atoms with E-state index in [4.69, 9.17) is 9.84 Å². The number of anilines is 1. The molecule has 4 nitrogen and oxygen atoms in total. The molecule has 1 N–H and O–H groups in total. The summed E-state index contributed by atoms with van der Waals surface area (Å²) in [6.45, 7) is 3.40. The third-order valence-electron chi connectivity index (χ3n) is 4.14. The van der Waals surface area contributed by atoms with Crippen molar-refractivity contribution in [1.82, 2.24) is 9.78 Å². The van der Waals surface area contributed by atoms with Gasteiger partial charge in [0.15, 0.2) is 0 Å². The molecule has 0 unspecified atom stereocenters. The largest absolute Gasteiger partial charge is 0.492 e. The Labute approximate surface area is 139 Å². The molecule has 0 aliphatic carbocycles. The van der Waals surface area contributed by atoms with Crippen molar-refractivity contribution in [2.75, 3.05) is 18.5 Å². The molecule has 1 aliphatic heterocycles. The number of rotatable bonds is 4. The van der Waals surface area contributed by atoms with Crippen molar-refractivity contribution in [2.24, 2.45) is 0 Å². The molecule has 0 saturated carbocycles. The van der Waals surface area contributed by atoms with E-state index in [0.717, 1.165) is 47.0 Å². The topological polar surface area (TPSA) is 39.1 Å². The standard InChI is InChI=1S/C19H18FN3O/c1-2-24-17-9-4-3-8-16(17)23-19-15(10-11-21-19)18(22-23)13-6-5-7-14(20)12-13/h3-9,12,21H,2,10-11H2,1H3. The highest BCUT2D eigenvalue weighted by Gasteiger charge is 2.25. The highest BCUT2D eigenvalue weighted by atomic mass is 19.1. The molecule has 2 heterocycles. The van der Waals surface area contributed by atoms with Crippen LogP contribution in [0.4, 0.5) is 10.2 Å². The number of nitrogens with zero attached hydrogens (tertiary/aromatic N) is 2. The van der Waals surface area contributed by atoms with Crippen molar-refractivity contribution in [1.29, 1.82) is 0 Å². The first-order valence-corrected chi connectivity index (χ1v) is 8.12. The van der Waals surface area contributed by atoms with Crippen LogP contribution in [0.1, 0.15) is 12.5 Å². The minimum Gasteiger partial charge on any atom is -0.492 e. The van der Waals surface area contributed by atoms with Gasteiger partial charge in [-0.2, -0.15) is 5.10 Å². The molecule has 0 fully saturated rings. The van der Waals surface area contributed by atoms with Gasteiger partial charge >= 0.3 is 0 Å². The van der Waals surface area contributed by atoms with E-state index in [1.165, 1.54) is 12.1 Å². The smallest absolute Gasteiger partial charge is 0.145 e. The number of hydrogen-bond donors (Lipinski definition) is 1. The van der Waals surface area contributed by atoms with Crippen LogP contribution in [-0.2, 0) is 6.42 Å². The molecule has 0 bridgehead atoms. The van der Waals surface area contributed by atoms with Gasteiger partial charge in [-0.1, -0.05) is 24.3 Å². The molecular weight excluding hydrogens is 305 g/mol. The monoisotopic (exact) mass is 323 g/mol. The number of halogens is 1. The van der Waals surface area contributed by atoms with Crippen molar-refractivity contribution >= 4 is 5.82 Å². The fraction of sp³-hybridized carbons (Fsp3) is 0.211. The zero-order chi connectivity index (χ0) is 16.5. The fourth-order valence-electron chi connectivity index (χ4n) is 3.13. The third kappa shape index (κ3) is 2.42. The molecule has 3 aromatic rings. The average molecular weight is 323 g/mol. The minimum atomic E-state index is -0.253. The Morgan fingerprint density at radius 2 is 2.08 bits per heavy atom. The summed E-state index contributed by atoms with van der Waals surface area (Å²) in [5, 5.41) is 8.16. The summed E-state index contributed by atoms with van der Waals surface area (Å²) in [4.78, 5) is 0. The third-order valence-corrected chi connectivity index (χ3v) is 4.14. The molecule has 0 spiro atoms. The van der Waals surface area contributed by atoms with Gasteiger partial charge < -0.3 is 10.1 Å². The molecule has 1 aliphatic rings. The van der Waals surface area contributed by atoms with Crippen molar-refractivity contribution in [2.45, 2.75) is 13.3 Å². The van der Waals surface area contributed by atoms with E-state index in [9.17, 15) is 4.39 Å². The van der Waals surface area contributed by atoms with Crippen LogP contribution in [0, 0.1) is 5.82 Å². The van der Waals surface area contributed by atoms with Gasteiger partial charge in [-0.05, 0) is 37.6 Å². The lowest BCUT2D eigenvalue weighted by molar-refractivity contribution is 0.338. The van der Waals surface area contributed by atoms with Gasteiger partial charge in [0.2, 0.25) is 0 Å². The van der Waals surface area contributed by atoms with Crippen molar-refractivity contribution in [3.05, 3.63) is 59.9 Å². The molecule has 2 aromatic carbocycles. The Morgan fingerprint density at radius 3 is 2.92 bits per heavy atom. The van der Waals surface area contributed by atoms with Crippen LogP contribution in [0.15, 0.2) is 48.5 Å². The van der Waals surface area contributed by atoms with E-state index in [2.05, 4.69) is 5.32 Å². The van der Waals surface area contributed by atoms with E-state index >= 15 is 0 Å². The van der Waals surface area contributed by atoms with Gasteiger partial charge in [-0.25, -0.2) is 9.07 Å². The maximum atomic E-state index is 13.6. The normalized spacial score (nSPS) is 12.8. The quantitative estimate of drug-likeness (QED) is 0.787. The summed E-state index contributed by atoms with van der Waals surface area (Å²) in [6.07, 6.45) is 0.873. The molecule has 0 amide bonds. The number of fused-ring (bicyclic) bond motifs is 1. The number of nitrogens with one attached hydrogen (secondary N) is 1. The van der Waals surface area contributed by atoms with Crippen LogP contribution in [-0.4, -0.2) is 22.9 Å². The fourth-order valence-corrected chi connectivity index (χ4v) is 3.13. The van der Waals surface area contributed by atoms with Crippen molar-refractivity contribution in [3.8, 4) is 22.7 Å².